The summed E-state index contributed by atoms with van der Waals surface area (Å²) in [5.41, 5.74) is 4.62. The van der Waals surface area contributed by atoms with Crippen LogP contribution < -0.4 is 10.9 Å². The van der Waals surface area contributed by atoms with Crippen LogP contribution in [0.2, 0.25) is 0 Å². The molecule has 0 aliphatic heterocycles. The topological polar surface area (TPSA) is 119 Å². The van der Waals surface area contributed by atoms with Crippen LogP contribution in [-0.4, -0.2) is 39.1 Å². The van der Waals surface area contributed by atoms with Crippen LogP contribution in [0.4, 0.5) is 0 Å². The fourth-order valence-electron chi connectivity index (χ4n) is 1.90. The zero-order valence-corrected chi connectivity index (χ0v) is 16.5. The van der Waals surface area contributed by atoms with Gasteiger partial charge in [-0.05, 0) is 42.5 Å². The molecule has 0 saturated carbocycles. The molecule has 0 bridgehead atoms. The molecule has 0 atom stereocenters. The number of halogens is 1. The quantitative estimate of drug-likeness (QED) is 0.521. The number of hydrogen-bond acceptors (Lipinski definition) is 6. The number of carbonyl (C=O) groups is 3. The van der Waals surface area contributed by atoms with Crippen molar-refractivity contribution in [3.63, 3.8) is 0 Å². The van der Waals surface area contributed by atoms with Crippen LogP contribution in [0.25, 0.3) is 0 Å². The fourth-order valence-corrected chi connectivity index (χ4v) is 2.84. The molecule has 0 saturated heterocycles. The minimum Gasteiger partial charge on any atom is -0.452 e. The standard InChI is InChI=1S/C17H15BrN2O6S/c1-27(24,25)14-4-2-3-12(9-14)17(23)26-10-15(21)19-20-16(22)11-5-7-13(18)8-6-11/h2-9H,10H2,1H3,(H,19,21)(H,20,22). The summed E-state index contributed by atoms with van der Waals surface area (Å²) < 4.78 is 28.6. The van der Waals surface area contributed by atoms with Gasteiger partial charge in [-0.1, -0.05) is 22.0 Å². The zero-order valence-electron chi connectivity index (χ0n) is 14.1. The summed E-state index contributed by atoms with van der Waals surface area (Å²) in [6, 6.07) is 11.7. The van der Waals surface area contributed by atoms with E-state index in [1.807, 2.05) is 0 Å². The molecule has 2 N–H and O–H groups in total. The molecule has 0 heterocycles. The summed E-state index contributed by atoms with van der Waals surface area (Å²) in [6.07, 6.45) is 1.01. The highest BCUT2D eigenvalue weighted by atomic mass is 79.9. The van der Waals surface area contributed by atoms with E-state index in [1.54, 1.807) is 24.3 Å². The molecule has 142 valence electrons. The van der Waals surface area contributed by atoms with Crippen LogP contribution in [0.5, 0.6) is 0 Å². The maximum atomic E-state index is 11.9. The molecule has 2 aromatic carbocycles. The predicted octanol–water partition coefficient (Wildman–Crippen LogP) is 1.47. The van der Waals surface area contributed by atoms with Crippen molar-refractivity contribution in [2.75, 3.05) is 12.9 Å². The third kappa shape index (κ3) is 6.19. The minimum absolute atomic E-state index is 0.00961. The Kier molecular flexibility index (Phi) is 6.70. The average Bonchev–Trinajstić information content (AvgIpc) is 2.64. The van der Waals surface area contributed by atoms with Gasteiger partial charge < -0.3 is 4.74 Å². The lowest BCUT2D eigenvalue weighted by atomic mass is 10.2. The lowest BCUT2D eigenvalue weighted by molar-refractivity contribution is -0.125. The van der Waals surface area contributed by atoms with E-state index >= 15 is 0 Å². The number of benzene rings is 2. The smallest absolute Gasteiger partial charge is 0.338 e. The number of ether oxygens (including phenoxy) is 1. The van der Waals surface area contributed by atoms with E-state index in [0.29, 0.717) is 5.56 Å². The fraction of sp³-hybridized carbons (Fsp3) is 0.118. The first-order chi connectivity index (χ1) is 12.7. The highest BCUT2D eigenvalue weighted by molar-refractivity contribution is 9.10. The summed E-state index contributed by atoms with van der Waals surface area (Å²) >= 11 is 3.24. The second-order valence-electron chi connectivity index (χ2n) is 5.39. The Hall–Kier alpha value is -2.72. The molecule has 0 unspecified atom stereocenters. The summed E-state index contributed by atoms with van der Waals surface area (Å²) in [5.74, 6) is -2.16. The van der Waals surface area contributed by atoms with Gasteiger partial charge in [-0.25, -0.2) is 13.2 Å². The van der Waals surface area contributed by atoms with Crippen molar-refractivity contribution in [2.24, 2.45) is 0 Å². The Balaban J connectivity index is 1.85. The predicted molar refractivity (Wildman–Crippen MR) is 99.6 cm³/mol. The van der Waals surface area contributed by atoms with Gasteiger partial charge in [0.2, 0.25) is 0 Å². The molecule has 0 aliphatic rings. The van der Waals surface area contributed by atoms with Gasteiger partial charge in [0.1, 0.15) is 0 Å². The van der Waals surface area contributed by atoms with Gasteiger partial charge in [0, 0.05) is 16.3 Å². The third-order valence-corrected chi connectivity index (χ3v) is 4.89. The number of carbonyl (C=O) groups excluding carboxylic acids is 3. The first-order valence-electron chi connectivity index (χ1n) is 7.49. The Labute approximate surface area is 163 Å². The molecule has 0 radical (unpaired) electrons. The van der Waals surface area contributed by atoms with Crippen molar-refractivity contribution < 1.29 is 27.5 Å². The van der Waals surface area contributed by atoms with Gasteiger partial charge in [0.05, 0.1) is 10.5 Å². The van der Waals surface area contributed by atoms with Gasteiger partial charge in [0.15, 0.2) is 16.4 Å². The molecule has 2 rings (SSSR count). The van der Waals surface area contributed by atoms with E-state index in [-0.39, 0.29) is 10.5 Å². The molecule has 8 nitrogen and oxygen atoms in total. The van der Waals surface area contributed by atoms with E-state index < -0.39 is 34.2 Å². The van der Waals surface area contributed by atoms with E-state index in [2.05, 4.69) is 26.8 Å². The Bertz CT molecular complexity index is 973. The number of hydrazine groups is 1. The zero-order chi connectivity index (χ0) is 20.0. The minimum atomic E-state index is -3.47. The number of amides is 2. The Morgan fingerprint density at radius 3 is 2.30 bits per heavy atom. The normalized spacial score (nSPS) is 10.7. The van der Waals surface area contributed by atoms with Crippen molar-refractivity contribution in [1.82, 2.24) is 10.9 Å². The summed E-state index contributed by atoms with van der Waals surface area (Å²) in [6.45, 7) is -0.650. The molecule has 2 amide bonds. The summed E-state index contributed by atoms with van der Waals surface area (Å²) in [5, 5.41) is 0. The third-order valence-electron chi connectivity index (χ3n) is 3.25. The van der Waals surface area contributed by atoms with Crippen LogP contribution in [0.1, 0.15) is 20.7 Å². The van der Waals surface area contributed by atoms with E-state index in [1.165, 1.54) is 18.2 Å². The van der Waals surface area contributed by atoms with Crippen LogP contribution >= 0.6 is 15.9 Å². The lowest BCUT2D eigenvalue weighted by Gasteiger charge is -2.08. The molecule has 0 aromatic heterocycles. The number of esters is 1. The largest absolute Gasteiger partial charge is 0.452 e. The Morgan fingerprint density at radius 1 is 1.00 bits per heavy atom. The molecular weight excluding hydrogens is 440 g/mol. The van der Waals surface area contributed by atoms with Crippen molar-refractivity contribution >= 4 is 43.6 Å². The van der Waals surface area contributed by atoms with Gasteiger partial charge >= 0.3 is 5.97 Å². The van der Waals surface area contributed by atoms with Gasteiger partial charge in [-0.2, -0.15) is 0 Å². The summed E-state index contributed by atoms with van der Waals surface area (Å²) in [7, 11) is -3.47. The van der Waals surface area contributed by atoms with Gasteiger partial charge in [-0.15, -0.1) is 0 Å². The molecule has 0 fully saturated rings. The Morgan fingerprint density at radius 2 is 1.67 bits per heavy atom. The maximum absolute atomic E-state index is 11.9. The summed E-state index contributed by atoms with van der Waals surface area (Å²) in [4.78, 5) is 35.4. The van der Waals surface area contributed by atoms with Crippen molar-refractivity contribution in [2.45, 2.75) is 4.90 Å². The van der Waals surface area contributed by atoms with E-state index in [9.17, 15) is 22.8 Å². The first-order valence-corrected chi connectivity index (χ1v) is 10.2. The molecule has 0 spiro atoms. The lowest BCUT2D eigenvalue weighted by Crippen LogP contribution is -2.43. The first kappa shape index (κ1) is 20.6. The second-order valence-corrected chi connectivity index (χ2v) is 8.32. The monoisotopic (exact) mass is 454 g/mol. The van der Waals surface area contributed by atoms with Crippen molar-refractivity contribution in [3.05, 3.63) is 64.1 Å². The average molecular weight is 455 g/mol. The van der Waals surface area contributed by atoms with Crippen molar-refractivity contribution in [1.29, 1.82) is 0 Å². The van der Waals surface area contributed by atoms with Crippen LogP contribution in [0.3, 0.4) is 0 Å². The molecular formula is C17H15BrN2O6S. The van der Waals surface area contributed by atoms with Crippen LogP contribution in [0.15, 0.2) is 57.9 Å². The SMILES string of the molecule is CS(=O)(=O)c1cccc(C(=O)OCC(=O)NNC(=O)c2ccc(Br)cc2)c1. The van der Waals surface area contributed by atoms with Crippen LogP contribution in [0, 0.1) is 0 Å². The van der Waals surface area contributed by atoms with E-state index in [0.717, 1.165) is 16.8 Å². The van der Waals surface area contributed by atoms with Crippen molar-refractivity contribution in [3.8, 4) is 0 Å². The number of rotatable bonds is 5. The van der Waals surface area contributed by atoms with Gasteiger partial charge in [-0.3, -0.25) is 20.4 Å². The maximum Gasteiger partial charge on any atom is 0.338 e. The highest BCUT2D eigenvalue weighted by Crippen LogP contribution is 2.12. The number of sulfone groups is 1. The van der Waals surface area contributed by atoms with Crippen LogP contribution in [-0.2, 0) is 19.4 Å². The molecule has 10 heteroatoms. The van der Waals surface area contributed by atoms with Gasteiger partial charge in [0.25, 0.3) is 11.8 Å². The highest BCUT2D eigenvalue weighted by Gasteiger charge is 2.14. The number of nitrogens with one attached hydrogen (secondary N) is 2. The number of hydrogen-bond donors (Lipinski definition) is 2. The molecule has 0 aliphatic carbocycles. The second kappa shape index (κ2) is 8.78. The molecule has 2 aromatic rings. The molecule has 27 heavy (non-hydrogen) atoms. The van der Waals surface area contributed by atoms with E-state index in [4.69, 9.17) is 4.74 Å².